The molecule has 2 aromatic heterocycles. The molecular formula is C34H30N2O2. The van der Waals surface area contributed by atoms with Gasteiger partial charge in [0.25, 0.3) is 0 Å². The number of carbonyl (C=O) groups excluding carboxylic acids is 1. The first-order valence-electron chi connectivity index (χ1n) is 13.0. The number of fused-ring (bicyclic) bond motifs is 2. The van der Waals surface area contributed by atoms with E-state index in [1.54, 1.807) is 7.11 Å². The van der Waals surface area contributed by atoms with Gasteiger partial charge in [0.2, 0.25) is 0 Å². The Labute approximate surface area is 222 Å². The average Bonchev–Trinajstić information content (AvgIpc) is 3.60. The lowest BCUT2D eigenvalue weighted by molar-refractivity contribution is -0.119. The highest BCUT2D eigenvalue weighted by atomic mass is 16.5. The SMILES string of the molecule is COc1ccc(C(CC(=O)CC(c2ccccc2)c2c[nH]c3ccccc23)c2c[nH]c3ccccc23)cc1. The number of ether oxygens (including phenoxy) is 1. The first kappa shape index (κ1) is 23.8. The molecule has 2 N–H and O–H groups in total. The zero-order valence-corrected chi connectivity index (χ0v) is 21.4. The van der Waals surface area contributed by atoms with Crippen LogP contribution in [0.15, 0.2) is 116 Å². The van der Waals surface area contributed by atoms with Gasteiger partial charge < -0.3 is 14.7 Å². The molecule has 38 heavy (non-hydrogen) atoms. The molecule has 0 amide bonds. The average molecular weight is 499 g/mol. The van der Waals surface area contributed by atoms with Gasteiger partial charge in [-0.2, -0.15) is 0 Å². The van der Waals surface area contributed by atoms with E-state index < -0.39 is 0 Å². The van der Waals surface area contributed by atoms with Crippen LogP contribution in [0.1, 0.15) is 46.9 Å². The Morgan fingerprint density at radius 1 is 0.632 bits per heavy atom. The Morgan fingerprint density at radius 2 is 1.11 bits per heavy atom. The van der Waals surface area contributed by atoms with Gasteiger partial charge in [-0.3, -0.25) is 4.79 Å². The summed E-state index contributed by atoms with van der Waals surface area (Å²) in [6, 6.07) is 35.1. The van der Waals surface area contributed by atoms with Gasteiger partial charge in [0.05, 0.1) is 7.11 Å². The van der Waals surface area contributed by atoms with Crippen molar-refractivity contribution in [3.63, 3.8) is 0 Å². The van der Waals surface area contributed by atoms with E-state index in [1.165, 1.54) is 0 Å². The molecule has 6 aromatic rings. The van der Waals surface area contributed by atoms with E-state index in [0.29, 0.717) is 12.8 Å². The van der Waals surface area contributed by atoms with Gasteiger partial charge in [-0.05, 0) is 46.5 Å². The summed E-state index contributed by atoms with van der Waals surface area (Å²) in [7, 11) is 1.67. The number of carbonyl (C=O) groups is 1. The molecule has 0 saturated carbocycles. The van der Waals surface area contributed by atoms with E-state index in [2.05, 4.69) is 83.0 Å². The molecule has 2 heterocycles. The molecule has 0 radical (unpaired) electrons. The quantitative estimate of drug-likeness (QED) is 0.212. The van der Waals surface area contributed by atoms with Gasteiger partial charge >= 0.3 is 0 Å². The highest BCUT2D eigenvalue weighted by Crippen LogP contribution is 2.38. The molecule has 0 aliphatic rings. The van der Waals surface area contributed by atoms with Crippen LogP contribution in [-0.4, -0.2) is 22.9 Å². The molecule has 0 bridgehead atoms. The largest absolute Gasteiger partial charge is 0.497 e. The van der Waals surface area contributed by atoms with Crippen molar-refractivity contribution in [1.82, 2.24) is 9.97 Å². The van der Waals surface area contributed by atoms with Gasteiger partial charge in [-0.1, -0.05) is 78.9 Å². The van der Waals surface area contributed by atoms with E-state index >= 15 is 0 Å². The number of hydrogen-bond acceptors (Lipinski definition) is 2. The fraction of sp³-hybridized carbons (Fsp3) is 0.147. The molecule has 4 aromatic carbocycles. The van der Waals surface area contributed by atoms with Crippen molar-refractivity contribution in [1.29, 1.82) is 0 Å². The monoisotopic (exact) mass is 498 g/mol. The maximum absolute atomic E-state index is 14.0. The molecule has 188 valence electrons. The zero-order valence-electron chi connectivity index (χ0n) is 21.4. The normalized spacial score (nSPS) is 13.0. The molecule has 0 aliphatic heterocycles. The highest BCUT2D eigenvalue weighted by molar-refractivity contribution is 5.88. The van der Waals surface area contributed by atoms with E-state index in [-0.39, 0.29) is 17.6 Å². The van der Waals surface area contributed by atoms with Crippen molar-refractivity contribution >= 4 is 27.6 Å². The lowest BCUT2D eigenvalue weighted by Gasteiger charge is -2.21. The van der Waals surface area contributed by atoms with Crippen LogP contribution in [-0.2, 0) is 4.79 Å². The summed E-state index contributed by atoms with van der Waals surface area (Å²) in [6.07, 6.45) is 4.97. The summed E-state index contributed by atoms with van der Waals surface area (Å²) in [5.74, 6) is 0.944. The van der Waals surface area contributed by atoms with Gasteiger partial charge in [-0.25, -0.2) is 0 Å². The lowest BCUT2D eigenvalue weighted by atomic mass is 9.82. The number of benzene rings is 4. The molecule has 4 heteroatoms. The maximum atomic E-state index is 14.0. The Kier molecular flexibility index (Phi) is 6.53. The lowest BCUT2D eigenvalue weighted by Crippen LogP contribution is -2.13. The van der Waals surface area contributed by atoms with Crippen LogP contribution >= 0.6 is 0 Å². The van der Waals surface area contributed by atoms with Crippen molar-refractivity contribution in [2.45, 2.75) is 24.7 Å². The third kappa shape index (κ3) is 4.61. The van der Waals surface area contributed by atoms with E-state index in [9.17, 15) is 4.79 Å². The minimum Gasteiger partial charge on any atom is -0.497 e. The number of methoxy groups -OCH3 is 1. The predicted octanol–water partition coefficient (Wildman–Crippen LogP) is 7.97. The molecule has 0 spiro atoms. The number of rotatable bonds is 9. The Hall–Kier alpha value is -4.57. The van der Waals surface area contributed by atoms with Crippen molar-refractivity contribution < 1.29 is 9.53 Å². The number of aromatic amines is 2. The summed E-state index contributed by atoms with van der Waals surface area (Å²) in [5, 5.41) is 2.31. The van der Waals surface area contributed by atoms with Crippen molar-refractivity contribution in [3.05, 3.63) is 138 Å². The van der Waals surface area contributed by atoms with Gasteiger partial charge in [0.1, 0.15) is 11.5 Å². The molecule has 2 atom stereocenters. The number of H-pyrrole nitrogens is 2. The molecule has 4 nitrogen and oxygen atoms in total. The van der Waals surface area contributed by atoms with Gasteiger partial charge in [-0.15, -0.1) is 0 Å². The van der Waals surface area contributed by atoms with Crippen LogP contribution in [0.5, 0.6) is 5.75 Å². The molecule has 6 rings (SSSR count). The topological polar surface area (TPSA) is 57.9 Å². The minimum absolute atomic E-state index is 0.0284. The third-order valence-electron chi connectivity index (χ3n) is 7.58. The summed E-state index contributed by atoms with van der Waals surface area (Å²) in [4.78, 5) is 20.8. The number of nitrogens with one attached hydrogen (secondary N) is 2. The minimum atomic E-state index is -0.0658. The molecular weight excluding hydrogens is 468 g/mol. The van der Waals surface area contributed by atoms with Crippen LogP contribution in [0, 0.1) is 0 Å². The number of para-hydroxylation sites is 2. The van der Waals surface area contributed by atoms with E-state index in [0.717, 1.165) is 49.8 Å². The summed E-state index contributed by atoms with van der Waals surface area (Å²) < 4.78 is 5.39. The predicted molar refractivity (Wildman–Crippen MR) is 154 cm³/mol. The van der Waals surface area contributed by atoms with Crippen LogP contribution in [0.4, 0.5) is 0 Å². The smallest absolute Gasteiger partial charge is 0.134 e. The molecule has 0 fully saturated rings. The van der Waals surface area contributed by atoms with Crippen LogP contribution < -0.4 is 4.74 Å². The number of ketones is 1. The third-order valence-corrected chi connectivity index (χ3v) is 7.58. The first-order chi connectivity index (χ1) is 18.7. The standard InChI is InChI=1S/C34H30N2O2/c1-38-26-17-15-24(16-18-26)30(32-22-36-34-14-8-6-12-28(32)34)20-25(37)19-29(23-9-3-2-4-10-23)31-21-35-33-13-7-5-11-27(31)33/h2-18,21-22,29-30,35-36H,19-20H2,1H3. The Balaban J connectivity index is 1.36. The van der Waals surface area contributed by atoms with Crippen molar-refractivity contribution in [2.24, 2.45) is 0 Å². The molecule has 0 aliphatic carbocycles. The zero-order chi connectivity index (χ0) is 25.9. The van der Waals surface area contributed by atoms with E-state index in [1.807, 2.05) is 42.5 Å². The molecule has 0 saturated heterocycles. The Morgan fingerprint density at radius 3 is 1.63 bits per heavy atom. The first-order valence-corrected chi connectivity index (χ1v) is 13.0. The van der Waals surface area contributed by atoms with Crippen LogP contribution in [0.2, 0.25) is 0 Å². The number of hydrogen-bond donors (Lipinski definition) is 2. The van der Waals surface area contributed by atoms with Crippen LogP contribution in [0.3, 0.4) is 0 Å². The van der Waals surface area contributed by atoms with E-state index in [4.69, 9.17) is 4.74 Å². The van der Waals surface area contributed by atoms with Crippen molar-refractivity contribution in [3.8, 4) is 5.75 Å². The fourth-order valence-electron chi connectivity index (χ4n) is 5.64. The second-order valence-electron chi connectivity index (χ2n) is 9.82. The maximum Gasteiger partial charge on any atom is 0.134 e. The fourth-order valence-corrected chi connectivity index (χ4v) is 5.64. The van der Waals surface area contributed by atoms with Gasteiger partial charge in [0, 0.05) is 58.9 Å². The summed E-state index contributed by atoms with van der Waals surface area (Å²) in [6.45, 7) is 0. The van der Waals surface area contributed by atoms with Crippen LogP contribution in [0.25, 0.3) is 21.8 Å². The highest BCUT2D eigenvalue weighted by Gasteiger charge is 2.26. The summed E-state index contributed by atoms with van der Waals surface area (Å²) >= 11 is 0. The number of aromatic nitrogens is 2. The second kappa shape index (κ2) is 10.4. The van der Waals surface area contributed by atoms with Crippen molar-refractivity contribution in [2.75, 3.05) is 7.11 Å². The molecule has 2 unspecified atom stereocenters. The van der Waals surface area contributed by atoms with Gasteiger partial charge in [0.15, 0.2) is 0 Å². The summed E-state index contributed by atoms with van der Waals surface area (Å²) in [5.41, 5.74) is 6.72. The second-order valence-corrected chi connectivity index (χ2v) is 9.82. The number of Topliss-reactive ketones (excluding diaryl/α,β-unsaturated/α-hetero) is 1. The Bertz CT molecular complexity index is 1680.